The van der Waals surface area contributed by atoms with E-state index in [1.54, 1.807) is 36.0 Å². The first-order valence-corrected chi connectivity index (χ1v) is 7.19. The highest BCUT2D eigenvalue weighted by atomic mass is 35.5. The molecule has 116 valence electrons. The molecule has 22 heavy (non-hydrogen) atoms. The third kappa shape index (κ3) is 3.61. The second kappa shape index (κ2) is 6.85. The molecule has 1 N–H and O–H groups in total. The summed E-state index contributed by atoms with van der Waals surface area (Å²) in [7, 11) is 3.26. The molecule has 2 aromatic rings. The number of carbonyl (C=O) groups is 1. The van der Waals surface area contributed by atoms with Crippen molar-refractivity contribution in [3.05, 3.63) is 45.7 Å². The van der Waals surface area contributed by atoms with Crippen molar-refractivity contribution in [2.24, 2.45) is 7.05 Å². The predicted molar refractivity (Wildman–Crippen MR) is 88.6 cm³/mol. The first-order chi connectivity index (χ1) is 10.4. The Hall–Kier alpha value is -1.98. The van der Waals surface area contributed by atoms with Crippen molar-refractivity contribution >= 4 is 40.9 Å². The van der Waals surface area contributed by atoms with E-state index in [1.165, 1.54) is 13.2 Å². The van der Waals surface area contributed by atoms with E-state index in [2.05, 4.69) is 10.4 Å². The average Bonchev–Trinajstić information content (AvgIpc) is 2.70. The van der Waals surface area contributed by atoms with Crippen LogP contribution in [0.5, 0.6) is 5.75 Å². The number of rotatable bonds is 4. The summed E-state index contributed by atoms with van der Waals surface area (Å²) in [6, 6.07) is 4.99. The van der Waals surface area contributed by atoms with Gasteiger partial charge < -0.3 is 10.1 Å². The number of anilines is 1. The Morgan fingerprint density at radius 1 is 1.41 bits per heavy atom. The summed E-state index contributed by atoms with van der Waals surface area (Å²) < 4.78 is 6.72. The van der Waals surface area contributed by atoms with Crippen LogP contribution in [0.4, 0.5) is 5.69 Å². The number of hydrogen-bond donors (Lipinski definition) is 1. The van der Waals surface area contributed by atoms with Gasteiger partial charge in [0.1, 0.15) is 10.9 Å². The Labute approximate surface area is 138 Å². The SMILES string of the molecule is COc1ccc(Cl)cc1NC(=O)/C=C/c1c(C)nn(C)c1Cl. The van der Waals surface area contributed by atoms with Crippen molar-refractivity contribution in [2.45, 2.75) is 6.92 Å². The average molecular weight is 340 g/mol. The number of nitrogens with zero attached hydrogens (tertiary/aromatic N) is 2. The van der Waals surface area contributed by atoms with Gasteiger partial charge in [-0.05, 0) is 31.2 Å². The van der Waals surface area contributed by atoms with Crippen LogP contribution in [0.1, 0.15) is 11.3 Å². The number of nitrogens with one attached hydrogen (secondary N) is 1. The molecule has 2 rings (SSSR count). The number of amides is 1. The van der Waals surface area contributed by atoms with Gasteiger partial charge >= 0.3 is 0 Å². The van der Waals surface area contributed by atoms with Crippen molar-refractivity contribution in [2.75, 3.05) is 12.4 Å². The minimum absolute atomic E-state index is 0.320. The molecule has 0 aliphatic rings. The number of methoxy groups -OCH3 is 1. The fraction of sp³-hybridized carbons (Fsp3) is 0.200. The quantitative estimate of drug-likeness (QED) is 0.864. The Kier molecular flexibility index (Phi) is 5.11. The molecule has 1 aromatic heterocycles. The van der Waals surface area contributed by atoms with Gasteiger partial charge in [-0.3, -0.25) is 9.48 Å². The van der Waals surface area contributed by atoms with Crippen molar-refractivity contribution < 1.29 is 9.53 Å². The lowest BCUT2D eigenvalue weighted by molar-refractivity contribution is -0.111. The number of hydrogen-bond acceptors (Lipinski definition) is 3. The molecule has 0 aliphatic heterocycles. The molecule has 5 nitrogen and oxygen atoms in total. The highest BCUT2D eigenvalue weighted by Gasteiger charge is 2.10. The van der Waals surface area contributed by atoms with Crippen molar-refractivity contribution in [1.29, 1.82) is 0 Å². The minimum Gasteiger partial charge on any atom is -0.495 e. The number of halogens is 2. The van der Waals surface area contributed by atoms with Crippen LogP contribution >= 0.6 is 23.2 Å². The van der Waals surface area contributed by atoms with Crippen LogP contribution in [-0.2, 0) is 11.8 Å². The fourth-order valence-electron chi connectivity index (χ4n) is 1.95. The van der Waals surface area contributed by atoms with Crippen molar-refractivity contribution in [3.8, 4) is 5.75 Å². The molecule has 0 spiro atoms. The predicted octanol–water partition coefficient (Wildman–Crippen LogP) is 3.70. The monoisotopic (exact) mass is 339 g/mol. The van der Waals surface area contributed by atoms with E-state index >= 15 is 0 Å². The molecule has 0 aliphatic carbocycles. The fourth-order valence-corrected chi connectivity index (χ4v) is 2.36. The van der Waals surface area contributed by atoms with E-state index in [-0.39, 0.29) is 5.91 Å². The Morgan fingerprint density at radius 3 is 2.73 bits per heavy atom. The van der Waals surface area contributed by atoms with Crippen LogP contribution in [0.3, 0.4) is 0 Å². The zero-order chi connectivity index (χ0) is 16.3. The highest BCUT2D eigenvalue weighted by molar-refractivity contribution is 6.31. The molecule has 0 saturated heterocycles. The largest absolute Gasteiger partial charge is 0.495 e. The topological polar surface area (TPSA) is 56.1 Å². The van der Waals surface area contributed by atoms with Crippen LogP contribution in [0, 0.1) is 6.92 Å². The van der Waals surface area contributed by atoms with Gasteiger partial charge in [0.25, 0.3) is 0 Å². The van der Waals surface area contributed by atoms with Crippen molar-refractivity contribution in [3.63, 3.8) is 0 Å². The van der Waals surface area contributed by atoms with Gasteiger partial charge in [0.05, 0.1) is 18.5 Å². The van der Waals surface area contributed by atoms with E-state index < -0.39 is 0 Å². The molecule has 0 unspecified atom stereocenters. The standard InChI is InChI=1S/C15H15Cl2N3O2/c1-9-11(15(17)20(2)19-9)5-7-14(21)18-12-8-10(16)4-6-13(12)22-3/h4-8H,1-3H3,(H,18,21)/b7-5+. The number of benzene rings is 1. The van der Waals surface area contributed by atoms with Crippen LogP contribution < -0.4 is 10.1 Å². The molecule has 1 heterocycles. The maximum Gasteiger partial charge on any atom is 0.248 e. The lowest BCUT2D eigenvalue weighted by Gasteiger charge is -2.08. The van der Waals surface area contributed by atoms with Gasteiger partial charge in [-0.25, -0.2) is 0 Å². The molecule has 7 heteroatoms. The Balaban J connectivity index is 2.17. The van der Waals surface area contributed by atoms with Gasteiger partial charge in [-0.2, -0.15) is 5.10 Å². The molecular weight excluding hydrogens is 325 g/mol. The van der Waals surface area contributed by atoms with Gasteiger partial charge in [-0.1, -0.05) is 23.2 Å². The first kappa shape index (κ1) is 16.4. The summed E-state index contributed by atoms with van der Waals surface area (Å²) in [6.07, 6.45) is 3.01. The van der Waals surface area contributed by atoms with E-state index in [1.807, 2.05) is 6.92 Å². The maximum absolute atomic E-state index is 12.0. The van der Waals surface area contributed by atoms with E-state index in [4.69, 9.17) is 27.9 Å². The summed E-state index contributed by atoms with van der Waals surface area (Å²) in [5.74, 6) is 0.210. The third-order valence-corrected chi connectivity index (χ3v) is 3.70. The van der Waals surface area contributed by atoms with Crippen LogP contribution in [0.15, 0.2) is 24.3 Å². The number of aromatic nitrogens is 2. The summed E-state index contributed by atoms with van der Waals surface area (Å²) in [6.45, 7) is 1.82. The van der Waals surface area contributed by atoms with Crippen LogP contribution in [-0.4, -0.2) is 22.8 Å². The molecule has 0 atom stereocenters. The number of aryl methyl sites for hydroxylation is 2. The smallest absolute Gasteiger partial charge is 0.248 e. The van der Waals surface area contributed by atoms with E-state index in [0.29, 0.717) is 27.2 Å². The normalized spacial score (nSPS) is 11.0. The van der Waals surface area contributed by atoms with Gasteiger partial charge in [-0.15, -0.1) is 0 Å². The highest BCUT2D eigenvalue weighted by Crippen LogP contribution is 2.27. The number of carbonyl (C=O) groups excluding carboxylic acids is 1. The molecular formula is C15H15Cl2N3O2. The lowest BCUT2D eigenvalue weighted by atomic mass is 10.2. The zero-order valence-electron chi connectivity index (χ0n) is 12.4. The molecule has 1 aromatic carbocycles. The second-order valence-corrected chi connectivity index (χ2v) is 5.38. The maximum atomic E-state index is 12.0. The molecule has 0 saturated carbocycles. The van der Waals surface area contributed by atoms with E-state index in [0.717, 1.165) is 5.69 Å². The Morgan fingerprint density at radius 2 is 2.14 bits per heavy atom. The Bertz CT molecular complexity index is 739. The zero-order valence-corrected chi connectivity index (χ0v) is 13.9. The van der Waals surface area contributed by atoms with Crippen molar-refractivity contribution in [1.82, 2.24) is 9.78 Å². The molecule has 0 fully saturated rings. The van der Waals surface area contributed by atoms with Gasteiger partial charge in [0, 0.05) is 23.7 Å². The third-order valence-electron chi connectivity index (χ3n) is 3.02. The van der Waals surface area contributed by atoms with Crippen LogP contribution in [0.2, 0.25) is 10.2 Å². The summed E-state index contributed by atoms with van der Waals surface area (Å²) in [5, 5.41) is 7.87. The lowest BCUT2D eigenvalue weighted by Crippen LogP contribution is -2.08. The first-order valence-electron chi connectivity index (χ1n) is 6.44. The number of ether oxygens (including phenoxy) is 1. The van der Waals surface area contributed by atoms with E-state index in [9.17, 15) is 4.79 Å². The molecule has 0 radical (unpaired) electrons. The van der Waals surface area contributed by atoms with Gasteiger partial charge in [0.2, 0.25) is 5.91 Å². The molecule has 0 bridgehead atoms. The summed E-state index contributed by atoms with van der Waals surface area (Å²) in [5.41, 5.74) is 1.95. The van der Waals surface area contributed by atoms with Gasteiger partial charge in [0.15, 0.2) is 0 Å². The minimum atomic E-state index is -0.320. The summed E-state index contributed by atoms with van der Waals surface area (Å²) >= 11 is 12.0. The summed E-state index contributed by atoms with van der Waals surface area (Å²) in [4.78, 5) is 12.0. The molecule has 1 amide bonds. The second-order valence-electron chi connectivity index (χ2n) is 4.58. The van der Waals surface area contributed by atoms with Crippen LogP contribution in [0.25, 0.3) is 6.08 Å².